The molecule has 388 valence electrons. The zero-order chi connectivity index (χ0) is 54.6. The SMILES string of the molecule is c1ccc(-c2cccc(-c3ccc(N(c4cccc(-c5ccc6c(c5)-c5ccccc5C65c6ccccc6Oc6ccccc65)c4)c4ccccc4-c4ccc5c(c4)C4(c6ccccc6Oc6ccccc64)c4ccccc4-5)cc3)c2)cc1. The second-order valence-electron chi connectivity index (χ2n) is 22.2. The summed E-state index contributed by atoms with van der Waals surface area (Å²) in [6.45, 7) is 0. The fourth-order valence-corrected chi connectivity index (χ4v) is 14.5. The highest BCUT2D eigenvalue weighted by molar-refractivity contribution is 5.96. The number of hydrogen-bond acceptors (Lipinski definition) is 3. The summed E-state index contributed by atoms with van der Waals surface area (Å²) >= 11 is 0. The third-order valence-electron chi connectivity index (χ3n) is 18.0. The molecule has 0 fully saturated rings. The highest BCUT2D eigenvalue weighted by Crippen LogP contribution is 2.64. The molecule has 0 saturated heterocycles. The summed E-state index contributed by atoms with van der Waals surface area (Å²) in [7, 11) is 0. The van der Waals surface area contributed by atoms with Gasteiger partial charge in [0.25, 0.3) is 0 Å². The lowest BCUT2D eigenvalue weighted by Crippen LogP contribution is -2.32. The number of hydrogen-bond donors (Lipinski definition) is 0. The second-order valence-corrected chi connectivity index (χ2v) is 22.2. The Hall–Kier alpha value is -10.7. The van der Waals surface area contributed by atoms with Gasteiger partial charge in [0.2, 0.25) is 0 Å². The molecule has 2 aliphatic heterocycles. The van der Waals surface area contributed by atoms with Gasteiger partial charge in [-0.2, -0.15) is 0 Å². The molecule has 0 bridgehead atoms. The molecule has 3 nitrogen and oxygen atoms in total. The average Bonchev–Trinajstić information content (AvgIpc) is 2.37. The van der Waals surface area contributed by atoms with E-state index in [2.05, 4.69) is 314 Å². The molecule has 4 aliphatic rings. The van der Waals surface area contributed by atoms with Crippen molar-refractivity contribution in [1.82, 2.24) is 0 Å². The van der Waals surface area contributed by atoms with Crippen LogP contribution in [0, 0.1) is 0 Å². The molecule has 0 atom stereocenters. The van der Waals surface area contributed by atoms with E-state index in [9.17, 15) is 0 Å². The lowest BCUT2D eigenvalue weighted by molar-refractivity contribution is 0.436. The first-order chi connectivity index (χ1) is 41.1. The van der Waals surface area contributed by atoms with Gasteiger partial charge in [-0.3, -0.25) is 0 Å². The summed E-state index contributed by atoms with van der Waals surface area (Å²) in [4.78, 5) is 2.45. The van der Waals surface area contributed by atoms with Gasteiger partial charge in [0.1, 0.15) is 23.0 Å². The zero-order valence-corrected chi connectivity index (χ0v) is 45.2. The molecule has 0 N–H and O–H groups in total. The molecule has 0 amide bonds. The Morgan fingerprint density at radius 3 is 1.20 bits per heavy atom. The quantitative estimate of drug-likeness (QED) is 0.159. The fraction of sp³-hybridized carbons (Fsp3) is 0.0250. The number of fused-ring (bicyclic) bond motifs is 18. The van der Waals surface area contributed by atoms with Gasteiger partial charge in [-0.25, -0.2) is 0 Å². The molecule has 0 aromatic heterocycles. The minimum absolute atomic E-state index is 0.537. The van der Waals surface area contributed by atoms with Gasteiger partial charge < -0.3 is 14.4 Å². The summed E-state index contributed by atoms with van der Waals surface area (Å²) in [5, 5.41) is 0. The Morgan fingerprint density at radius 2 is 0.602 bits per heavy atom. The maximum Gasteiger partial charge on any atom is 0.132 e. The highest BCUT2D eigenvalue weighted by atomic mass is 16.5. The number of nitrogens with zero attached hydrogens (tertiary/aromatic N) is 1. The topological polar surface area (TPSA) is 21.7 Å². The molecule has 3 heteroatoms. The largest absolute Gasteiger partial charge is 0.457 e. The van der Waals surface area contributed by atoms with Crippen LogP contribution in [0.25, 0.3) is 66.8 Å². The van der Waals surface area contributed by atoms with E-state index < -0.39 is 10.8 Å². The monoisotopic (exact) mass is 1060 g/mol. The van der Waals surface area contributed by atoms with E-state index in [1.807, 2.05) is 0 Å². The van der Waals surface area contributed by atoms with Crippen molar-refractivity contribution in [1.29, 1.82) is 0 Å². The molecule has 83 heavy (non-hydrogen) atoms. The van der Waals surface area contributed by atoms with Crippen LogP contribution >= 0.6 is 0 Å². The van der Waals surface area contributed by atoms with Crippen molar-refractivity contribution in [2.75, 3.05) is 4.90 Å². The van der Waals surface area contributed by atoms with E-state index in [4.69, 9.17) is 9.47 Å². The molecule has 0 radical (unpaired) electrons. The summed E-state index contributed by atoms with van der Waals surface area (Å²) in [6, 6.07) is 113. The molecule has 2 aliphatic carbocycles. The molecule has 2 heterocycles. The van der Waals surface area contributed by atoms with Gasteiger partial charge in [0.05, 0.1) is 16.5 Å². The molecular formula is C80H51NO2. The Kier molecular flexibility index (Phi) is 10.4. The van der Waals surface area contributed by atoms with Crippen LogP contribution in [0.4, 0.5) is 17.1 Å². The van der Waals surface area contributed by atoms with E-state index in [0.717, 1.165) is 90.1 Å². The number of para-hydroxylation sites is 5. The van der Waals surface area contributed by atoms with Crippen molar-refractivity contribution >= 4 is 17.1 Å². The predicted molar refractivity (Wildman–Crippen MR) is 338 cm³/mol. The normalized spacial score (nSPS) is 13.7. The minimum atomic E-state index is -0.600. The van der Waals surface area contributed by atoms with E-state index in [-0.39, 0.29) is 0 Å². The lowest BCUT2D eigenvalue weighted by atomic mass is 9.66. The Bertz CT molecular complexity index is 4670. The first-order valence-corrected chi connectivity index (χ1v) is 28.6. The molecule has 13 aromatic carbocycles. The average molecular weight is 1060 g/mol. The predicted octanol–water partition coefficient (Wildman–Crippen LogP) is 20.8. The number of ether oxygens (including phenoxy) is 2. The minimum Gasteiger partial charge on any atom is -0.457 e. The van der Waals surface area contributed by atoms with E-state index in [1.54, 1.807) is 0 Å². The van der Waals surface area contributed by atoms with Crippen LogP contribution in [-0.2, 0) is 10.8 Å². The third-order valence-corrected chi connectivity index (χ3v) is 18.0. The fourth-order valence-electron chi connectivity index (χ4n) is 14.5. The summed E-state index contributed by atoms with van der Waals surface area (Å²) in [6.07, 6.45) is 0. The third kappa shape index (κ3) is 6.92. The number of benzene rings is 13. The molecule has 13 aromatic rings. The smallest absolute Gasteiger partial charge is 0.132 e. The second kappa shape index (κ2) is 18.4. The van der Waals surface area contributed by atoms with E-state index in [0.29, 0.717) is 0 Å². The van der Waals surface area contributed by atoms with Gasteiger partial charge in [0, 0.05) is 39.2 Å². The summed E-state index contributed by atoms with van der Waals surface area (Å²) < 4.78 is 13.4. The Labute approximate surface area is 483 Å². The van der Waals surface area contributed by atoms with E-state index >= 15 is 0 Å². The Morgan fingerprint density at radius 1 is 0.205 bits per heavy atom. The highest BCUT2D eigenvalue weighted by Gasteiger charge is 2.52. The zero-order valence-electron chi connectivity index (χ0n) is 45.2. The van der Waals surface area contributed by atoms with Gasteiger partial charge >= 0.3 is 0 Å². The van der Waals surface area contributed by atoms with Crippen molar-refractivity contribution < 1.29 is 9.47 Å². The Balaban J connectivity index is 0.836. The van der Waals surface area contributed by atoms with Crippen LogP contribution in [0.15, 0.2) is 309 Å². The molecule has 0 saturated carbocycles. The maximum absolute atomic E-state index is 6.74. The van der Waals surface area contributed by atoms with Crippen LogP contribution in [0.2, 0.25) is 0 Å². The molecule has 17 rings (SSSR count). The van der Waals surface area contributed by atoms with Crippen LogP contribution in [0.3, 0.4) is 0 Å². The van der Waals surface area contributed by atoms with Crippen molar-refractivity contribution in [3.05, 3.63) is 354 Å². The van der Waals surface area contributed by atoms with E-state index in [1.165, 1.54) is 61.2 Å². The van der Waals surface area contributed by atoms with Gasteiger partial charge in [0.15, 0.2) is 0 Å². The number of anilines is 3. The van der Waals surface area contributed by atoms with Crippen LogP contribution in [0.5, 0.6) is 23.0 Å². The van der Waals surface area contributed by atoms with Crippen molar-refractivity contribution in [2.24, 2.45) is 0 Å². The van der Waals surface area contributed by atoms with Crippen molar-refractivity contribution in [3.8, 4) is 89.8 Å². The van der Waals surface area contributed by atoms with Crippen LogP contribution in [0.1, 0.15) is 44.5 Å². The first kappa shape index (κ1) is 47.1. The van der Waals surface area contributed by atoms with Gasteiger partial charge in [-0.05, 0) is 156 Å². The summed E-state index contributed by atoms with van der Waals surface area (Å²) in [5.41, 5.74) is 25.9. The van der Waals surface area contributed by atoms with Gasteiger partial charge in [-0.1, -0.05) is 237 Å². The lowest BCUT2D eigenvalue weighted by Gasteiger charge is -2.39. The maximum atomic E-state index is 6.74. The molecule has 2 spiro atoms. The summed E-state index contributed by atoms with van der Waals surface area (Å²) in [5.74, 6) is 3.55. The van der Waals surface area contributed by atoms with Crippen molar-refractivity contribution in [3.63, 3.8) is 0 Å². The van der Waals surface area contributed by atoms with Gasteiger partial charge in [-0.15, -0.1) is 0 Å². The number of rotatable bonds is 7. The standard InChI is InChI=1S/C80H51NO2/c1-2-20-52(21-3-1)54-22-18-23-55(48-54)53-40-44-59(45-41-53)81(60-25-19-24-56(49-60)57-43-47-68-65(50-57)63-28-5-8-30-67(63)79(68)69-31-9-14-36-75(69)82-76-37-15-10-32-70(76)79)74-35-13-6-26-61(74)58-42-46-64-62-27-4-7-29-66(62)80(73(64)51-58)71-33-11-16-38-77(71)83-78-39-17-12-34-72(78)80/h1-51H. The van der Waals surface area contributed by atoms with Crippen molar-refractivity contribution in [2.45, 2.75) is 10.8 Å². The van der Waals surface area contributed by atoms with Crippen LogP contribution < -0.4 is 14.4 Å². The first-order valence-electron chi connectivity index (χ1n) is 28.6. The molecule has 0 unspecified atom stereocenters. The molecular weight excluding hydrogens is 1010 g/mol. The van der Waals surface area contributed by atoms with Crippen LogP contribution in [-0.4, -0.2) is 0 Å².